The third-order valence-corrected chi connectivity index (χ3v) is 3.11. The van der Waals surface area contributed by atoms with E-state index in [9.17, 15) is 14.4 Å². The van der Waals surface area contributed by atoms with Crippen molar-refractivity contribution < 1.29 is 23.9 Å². The predicted molar refractivity (Wildman–Crippen MR) is 83.5 cm³/mol. The van der Waals surface area contributed by atoms with Crippen LogP contribution in [0.1, 0.15) is 31.1 Å². The highest BCUT2D eigenvalue weighted by atomic mass is 16.5. The molecule has 0 radical (unpaired) electrons. The van der Waals surface area contributed by atoms with Gasteiger partial charge in [-0.3, -0.25) is 4.79 Å². The normalized spacial score (nSPS) is 9.83. The molecule has 0 saturated carbocycles. The molecule has 118 valence electrons. The summed E-state index contributed by atoms with van der Waals surface area (Å²) in [5.41, 5.74) is 1.52. The Bertz CT molecular complexity index is 737. The first-order valence-electron chi connectivity index (χ1n) is 6.73. The minimum absolute atomic E-state index is 0.293. The number of hydrogen-bond donors (Lipinski definition) is 1. The van der Waals surface area contributed by atoms with Crippen LogP contribution in [-0.2, 0) is 9.47 Å². The second-order valence-corrected chi connectivity index (χ2v) is 4.60. The molecule has 0 spiro atoms. The van der Waals surface area contributed by atoms with E-state index in [4.69, 9.17) is 0 Å². The Morgan fingerprint density at radius 3 is 1.96 bits per heavy atom. The number of benzene rings is 2. The van der Waals surface area contributed by atoms with Crippen LogP contribution in [0.25, 0.3) is 0 Å². The van der Waals surface area contributed by atoms with Crippen LogP contribution in [0.3, 0.4) is 0 Å². The Labute approximate surface area is 133 Å². The van der Waals surface area contributed by atoms with Crippen LogP contribution < -0.4 is 5.32 Å². The minimum Gasteiger partial charge on any atom is -0.465 e. The highest BCUT2D eigenvalue weighted by Crippen LogP contribution is 2.13. The molecule has 23 heavy (non-hydrogen) atoms. The summed E-state index contributed by atoms with van der Waals surface area (Å²) in [4.78, 5) is 35.0. The Kier molecular flexibility index (Phi) is 5.09. The van der Waals surface area contributed by atoms with Crippen molar-refractivity contribution in [2.24, 2.45) is 0 Å². The Hall–Kier alpha value is -3.15. The lowest BCUT2D eigenvalue weighted by atomic mass is 10.1. The van der Waals surface area contributed by atoms with Crippen LogP contribution in [0, 0.1) is 0 Å². The van der Waals surface area contributed by atoms with E-state index in [0.29, 0.717) is 22.4 Å². The molecule has 2 aromatic rings. The quantitative estimate of drug-likeness (QED) is 0.877. The molecule has 0 bridgehead atoms. The molecular formula is C17H15NO5. The Balaban J connectivity index is 2.13. The number of hydrogen-bond acceptors (Lipinski definition) is 5. The summed E-state index contributed by atoms with van der Waals surface area (Å²) in [5.74, 6) is -1.34. The molecule has 6 heteroatoms. The van der Waals surface area contributed by atoms with Gasteiger partial charge in [0.25, 0.3) is 5.91 Å². The molecule has 6 nitrogen and oxygen atoms in total. The minimum atomic E-state index is -0.512. The number of nitrogens with one attached hydrogen (secondary N) is 1. The number of rotatable bonds is 4. The maximum atomic E-state index is 12.2. The lowest BCUT2D eigenvalue weighted by molar-refractivity contribution is 0.0592. The predicted octanol–water partition coefficient (Wildman–Crippen LogP) is 2.51. The maximum absolute atomic E-state index is 12.2. The summed E-state index contributed by atoms with van der Waals surface area (Å²) < 4.78 is 9.22. The first-order chi connectivity index (χ1) is 11.0. The number of carbonyl (C=O) groups excluding carboxylic acids is 3. The number of methoxy groups -OCH3 is 2. The number of ether oxygens (including phenoxy) is 2. The highest BCUT2D eigenvalue weighted by molar-refractivity contribution is 6.05. The molecule has 0 aliphatic carbocycles. The van der Waals surface area contributed by atoms with Crippen molar-refractivity contribution in [3.05, 3.63) is 65.2 Å². The van der Waals surface area contributed by atoms with Crippen molar-refractivity contribution in [1.82, 2.24) is 0 Å². The van der Waals surface area contributed by atoms with E-state index in [-0.39, 0.29) is 5.91 Å². The van der Waals surface area contributed by atoms with Crippen LogP contribution in [0.15, 0.2) is 48.5 Å². The van der Waals surface area contributed by atoms with Gasteiger partial charge in [0, 0.05) is 11.3 Å². The molecule has 1 N–H and O–H groups in total. The van der Waals surface area contributed by atoms with Gasteiger partial charge in [0.1, 0.15) is 0 Å². The van der Waals surface area contributed by atoms with Gasteiger partial charge in [0.2, 0.25) is 0 Å². The summed E-state index contributed by atoms with van der Waals surface area (Å²) in [7, 11) is 2.57. The molecule has 0 aliphatic rings. The fourth-order valence-electron chi connectivity index (χ4n) is 1.92. The van der Waals surface area contributed by atoms with E-state index in [1.807, 2.05) is 0 Å². The van der Waals surface area contributed by atoms with Crippen molar-refractivity contribution in [3.63, 3.8) is 0 Å². The Morgan fingerprint density at radius 1 is 0.783 bits per heavy atom. The smallest absolute Gasteiger partial charge is 0.337 e. The zero-order valence-corrected chi connectivity index (χ0v) is 12.7. The number of anilines is 1. The lowest BCUT2D eigenvalue weighted by Crippen LogP contribution is -2.13. The first-order valence-corrected chi connectivity index (χ1v) is 6.73. The SMILES string of the molecule is COC(=O)c1ccc(NC(=O)c2cccc(C(=O)OC)c2)cc1. The van der Waals surface area contributed by atoms with Gasteiger partial charge in [-0.1, -0.05) is 6.07 Å². The summed E-state index contributed by atoms with van der Waals surface area (Å²) >= 11 is 0. The molecule has 0 aliphatic heterocycles. The fraction of sp³-hybridized carbons (Fsp3) is 0.118. The molecule has 0 atom stereocenters. The second kappa shape index (κ2) is 7.22. The van der Waals surface area contributed by atoms with Crippen molar-refractivity contribution in [3.8, 4) is 0 Å². The monoisotopic (exact) mass is 313 g/mol. The molecule has 0 unspecified atom stereocenters. The largest absolute Gasteiger partial charge is 0.465 e. The van der Waals surface area contributed by atoms with Crippen LogP contribution >= 0.6 is 0 Å². The molecule has 2 rings (SSSR count). The first kappa shape index (κ1) is 16.2. The average molecular weight is 313 g/mol. The van der Waals surface area contributed by atoms with Crippen molar-refractivity contribution in [1.29, 1.82) is 0 Å². The van der Waals surface area contributed by atoms with Crippen molar-refractivity contribution in [2.75, 3.05) is 19.5 Å². The zero-order chi connectivity index (χ0) is 16.8. The van der Waals surface area contributed by atoms with E-state index in [0.717, 1.165) is 0 Å². The van der Waals surface area contributed by atoms with Crippen LogP contribution in [0.5, 0.6) is 0 Å². The summed E-state index contributed by atoms with van der Waals surface area (Å²) in [5, 5.41) is 2.68. The summed E-state index contributed by atoms with van der Waals surface area (Å²) in [6.07, 6.45) is 0. The topological polar surface area (TPSA) is 81.7 Å². The molecule has 0 aromatic heterocycles. The summed E-state index contributed by atoms with van der Waals surface area (Å²) in [6, 6.07) is 12.5. The van der Waals surface area contributed by atoms with Crippen molar-refractivity contribution in [2.45, 2.75) is 0 Å². The fourth-order valence-corrected chi connectivity index (χ4v) is 1.92. The van der Waals surface area contributed by atoms with Gasteiger partial charge in [-0.15, -0.1) is 0 Å². The molecule has 2 aromatic carbocycles. The molecular weight excluding hydrogens is 298 g/mol. The molecule has 0 fully saturated rings. The van der Waals surface area contributed by atoms with E-state index < -0.39 is 11.9 Å². The molecule has 0 heterocycles. The average Bonchev–Trinajstić information content (AvgIpc) is 2.61. The summed E-state index contributed by atoms with van der Waals surface area (Å²) in [6.45, 7) is 0. The molecule has 0 saturated heterocycles. The van der Waals surface area contributed by atoms with E-state index in [1.165, 1.54) is 20.3 Å². The highest BCUT2D eigenvalue weighted by Gasteiger charge is 2.11. The maximum Gasteiger partial charge on any atom is 0.337 e. The van der Waals surface area contributed by atoms with Gasteiger partial charge in [0.05, 0.1) is 25.3 Å². The number of amides is 1. The standard InChI is InChI=1S/C17H15NO5/c1-22-16(20)11-6-8-14(9-7-11)18-15(19)12-4-3-5-13(10-12)17(21)23-2/h3-10H,1-2H3,(H,18,19). The van der Waals surface area contributed by atoms with Gasteiger partial charge >= 0.3 is 11.9 Å². The van der Waals surface area contributed by atoms with E-state index in [1.54, 1.807) is 42.5 Å². The lowest BCUT2D eigenvalue weighted by Gasteiger charge is -2.07. The zero-order valence-electron chi connectivity index (χ0n) is 12.7. The molecule has 1 amide bonds. The third-order valence-electron chi connectivity index (χ3n) is 3.11. The third kappa shape index (κ3) is 3.94. The van der Waals surface area contributed by atoms with Crippen LogP contribution in [0.4, 0.5) is 5.69 Å². The van der Waals surface area contributed by atoms with Crippen LogP contribution in [-0.4, -0.2) is 32.1 Å². The number of esters is 2. The number of carbonyl (C=O) groups is 3. The van der Waals surface area contributed by atoms with Crippen LogP contribution in [0.2, 0.25) is 0 Å². The van der Waals surface area contributed by atoms with Gasteiger partial charge in [-0.05, 0) is 42.5 Å². The Morgan fingerprint density at radius 2 is 1.35 bits per heavy atom. The van der Waals surface area contributed by atoms with E-state index in [2.05, 4.69) is 14.8 Å². The van der Waals surface area contributed by atoms with Gasteiger partial charge in [-0.2, -0.15) is 0 Å². The van der Waals surface area contributed by atoms with Gasteiger partial charge in [0.15, 0.2) is 0 Å². The van der Waals surface area contributed by atoms with Crippen molar-refractivity contribution >= 4 is 23.5 Å². The second-order valence-electron chi connectivity index (χ2n) is 4.60. The van der Waals surface area contributed by atoms with E-state index >= 15 is 0 Å². The van der Waals surface area contributed by atoms with Gasteiger partial charge < -0.3 is 14.8 Å². The van der Waals surface area contributed by atoms with Gasteiger partial charge in [-0.25, -0.2) is 9.59 Å².